The van der Waals surface area contributed by atoms with E-state index < -0.39 is 5.97 Å². The number of nitrogens with one attached hydrogen (secondary N) is 1. The van der Waals surface area contributed by atoms with Crippen LogP contribution in [0.5, 0.6) is 0 Å². The molecule has 0 bridgehead atoms. The van der Waals surface area contributed by atoms with Gasteiger partial charge in [-0.25, -0.2) is 4.79 Å². The monoisotopic (exact) mass is 387 g/mol. The summed E-state index contributed by atoms with van der Waals surface area (Å²) in [6.07, 6.45) is 6.07. The van der Waals surface area contributed by atoms with Crippen LogP contribution in [0.3, 0.4) is 0 Å². The number of hydrogen-bond acceptors (Lipinski definition) is 3. The summed E-state index contributed by atoms with van der Waals surface area (Å²) in [6, 6.07) is 11.1. The number of carbonyl (C=O) groups excluding carboxylic acids is 1. The molecule has 1 aliphatic carbocycles. The number of likely N-dealkylation sites (N-methyl/N-ethyl adjacent to an activating group) is 1. The van der Waals surface area contributed by atoms with Crippen molar-refractivity contribution in [2.45, 2.75) is 63.5 Å². The maximum absolute atomic E-state index is 12.7. The first-order valence-corrected chi connectivity index (χ1v) is 10.6. The van der Waals surface area contributed by atoms with Crippen molar-refractivity contribution >= 4 is 12.0 Å². The molecule has 1 aliphatic heterocycles. The molecule has 0 spiro atoms. The van der Waals surface area contributed by atoms with Gasteiger partial charge in [-0.1, -0.05) is 43.7 Å². The Hall–Kier alpha value is -2.08. The van der Waals surface area contributed by atoms with Gasteiger partial charge in [0.15, 0.2) is 0 Å². The van der Waals surface area contributed by atoms with E-state index in [9.17, 15) is 9.59 Å². The Balaban J connectivity index is 1.47. The van der Waals surface area contributed by atoms with Gasteiger partial charge in [-0.05, 0) is 50.1 Å². The molecular weight excluding hydrogens is 354 g/mol. The van der Waals surface area contributed by atoms with Gasteiger partial charge in [0.2, 0.25) is 0 Å². The van der Waals surface area contributed by atoms with Crippen LogP contribution in [0, 0.1) is 0 Å². The van der Waals surface area contributed by atoms with Crippen LogP contribution in [0.2, 0.25) is 0 Å². The quantitative estimate of drug-likeness (QED) is 0.786. The fraction of sp³-hybridized carbons (Fsp3) is 0.636. The van der Waals surface area contributed by atoms with E-state index >= 15 is 0 Å². The molecule has 2 N–H and O–H groups in total. The van der Waals surface area contributed by atoms with Crippen LogP contribution in [-0.4, -0.2) is 65.2 Å². The van der Waals surface area contributed by atoms with Gasteiger partial charge >= 0.3 is 12.0 Å². The molecule has 28 heavy (non-hydrogen) atoms. The Morgan fingerprint density at radius 1 is 1.14 bits per heavy atom. The summed E-state index contributed by atoms with van der Waals surface area (Å²) in [4.78, 5) is 27.7. The molecule has 6 heteroatoms. The van der Waals surface area contributed by atoms with Crippen LogP contribution in [-0.2, 0) is 4.79 Å². The first-order chi connectivity index (χ1) is 13.6. The molecule has 2 atom stereocenters. The molecule has 2 aliphatic rings. The zero-order valence-electron chi connectivity index (χ0n) is 16.8. The number of hydrogen-bond donors (Lipinski definition) is 2. The second kappa shape index (κ2) is 9.92. The van der Waals surface area contributed by atoms with Crippen molar-refractivity contribution in [3.05, 3.63) is 35.9 Å². The predicted molar refractivity (Wildman–Crippen MR) is 109 cm³/mol. The van der Waals surface area contributed by atoms with Gasteiger partial charge in [-0.15, -0.1) is 0 Å². The number of piperidine rings is 1. The van der Waals surface area contributed by atoms with Crippen molar-refractivity contribution in [2.24, 2.45) is 0 Å². The smallest absolute Gasteiger partial charge is 0.317 e. The summed E-state index contributed by atoms with van der Waals surface area (Å²) in [7, 11) is 0. The third-order valence-corrected chi connectivity index (χ3v) is 6.29. The topological polar surface area (TPSA) is 72.9 Å². The highest BCUT2D eigenvalue weighted by molar-refractivity contribution is 5.74. The lowest BCUT2D eigenvalue weighted by molar-refractivity contribution is -0.139. The largest absolute Gasteiger partial charge is 0.480 e. The average molecular weight is 388 g/mol. The minimum atomic E-state index is -0.785. The number of carboxylic acids is 1. The molecule has 1 aromatic rings. The summed E-state index contributed by atoms with van der Waals surface area (Å²) >= 11 is 0. The Bertz CT molecular complexity index is 644. The maximum atomic E-state index is 12.7. The number of nitrogens with zero attached hydrogens (tertiary/aromatic N) is 2. The highest BCUT2D eigenvalue weighted by Gasteiger charge is 2.29. The van der Waals surface area contributed by atoms with Gasteiger partial charge in [-0.2, -0.15) is 0 Å². The first-order valence-electron chi connectivity index (χ1n) is 10.6. The molecular formula is C22H33N3O3. The van der Waals surface area contributed by atoms with E-state index in [1.54, 1.807) is 0 Å². The van der Waals surface area contributed by atoms with E-state index in [1.165, 1.54) is 12.0 Å². The molecule has 2 unspecified atom stereocenters. The van der Waals surface area contributed by atoms with Crippen molar-refractivity contribution in [2.75, 3.05) is 26.2 Å². The van der Waals surface area contributed by atoms with Crippen molar-refractivity contribution < 1.29 is 14.7 Å². The highest BCUT2D eigenvalue weighted by atomic mass is 16.4. The van der Waals surface area contributed by atoms with Crippen LogP contribution < -0.4 is 5.32 Å². The zero-order chi connectivity index (χ0) is 19.9. The van der Waals surface area contributed by atoms with E-state index in [-0.39, 0.29) is 24.7 Å². The summed E-state index contributed by atoms with van der Waals surface area (Å²) in [5.74, 6) is -0.257. The summed E-state index contributed by atoms with van der Waals surface area (Å²) in [5.41, 5.74) is 1.38. The average Bonchev–Trinajstić information content (AvgIpc) is 2.73. The van der Waals surface area contributed by atoms with Crippen LogP contribution >= 0.6 is 0 Å². The van der Waals surface area contributed by atoms with Gasteiger partial charge in [-0.3, -0.25) is 9.69 Å². The van der Waals surface area contributed by atoms with E-state index in [1.807, 2.05) is 22.8 Å². The van der Waals surface area contributed by atoms with Gasteiger partial charge in [0, 0.05) is 25.2 Å². The Labute approximate surface area is 167 Å². The lowest BCUT2D eigenvalue weighted by Gasteiger charge is -2.38. The molecule has 0 aromatic heterocycles. The molecule has 1 saturated heterocycles. The summed E-state index contributed by atoms with van der Waals surface area (Å²) in [6.45, 7) is 4.19. The minimum absolute atomic E-state index is 0.0402. The number of carbonyl (C=O) groups is 2. The predicted octanol–water partition coefficient (Wildman–Crippen LogP) is 3.29. The SMILES string of the molecule is CCN(CC(=O)O)C1CCN(C(=O)NC2CCCC(c3ccccc3)C2)CC1. The van der Waals surface area contributed by atoms with Crippen molar-refractivity contribution in [3.8, 4) is 0 Å². The molecule has 3 rings (SSSR count). The van der Waals surface area contributed by atoms with Gasteiger partial charge in [0.25, 0.3) is 0 Å². The van der Waals surface area contributed by atoms with E-state index in [0.717, 1.165) is 38.6 Å². The van der Waals surface area contributed by atoms with Crippen LogP contribution in [0.1, 0.15) is 56.9 Å². The van der Waals surface area contributed by atoms with Gasteiger partial charge < -0.3 is 15.3 Å². The standard InChI is InChI=1S/C22H33N3O3/c1-2-24(16-21(26)27)20-11-13-25(14-12-20)22(28)23-19-10-6-9-18(15-19)17-7-4-3-5-8-17/h3-5,7-8,18-20H,2,6,9-16H2,1H3,(H,23,28)(H,26,27). The number of carboxylic acid groups (broad SMARTS) is 1. The molecule has 1 heterocycles. The van der Waals surface area contributed by atoms with Crippen LogP contribution in [0.25, 0.3) is 0 Å². The van der Waals surface area contributed by atoms with Crippen molar-refractivity contribution in [3.63, 3.8) is 0 Å². The number of urea groups is 1. The normalized spacial score (nSPS) is 23.6. The Kier molecular flexibility index (Phi) is 7.31. The highest BCUT2D eigenvalue weighted by Crippen LogP contribution is 2.32. The van der Waals surface area contributed by atoms with Crippen molar-refractivity contribution in [1.29, 1.82) is 0 Å². The van der Waals surface area contributed by atoms with Crippen LogP contribution in [0.15, 0.2) is 30.3 Å². The number of rotatable bonds is 6. The lowest BCUT2D eigenvalue weighted by Crippen LogP contribution is -2.52. The fourth-order valence-electron chi connectivity index (χ4n) is 4.72. The maximum Gasteiger partial charge on any atom is 0.317 e. The van der Waals surface area contributed by atoms with E-state index in [2.05, 4.69) is 29.6 Å². The molecule has 6 nitrogen and oxygen atoms in total. The number of likely N-dealkylation sites (tertiary alicyclic amines) is 1. The molecule has 154 valence electrons. The number of amides is 2. The zero-order valence-corrected chi connectivity index (χ0v) is 16.8. The molecule has 0 radical (unpaired) electrons. The molecule has 1 aromatic carbocycles. The number of benzene rings is 1. The van der Waals surface area contributed by atoms with E-state index in [0.29, 0.717) is 19.0 Å². The minimum Gasteiger partial charge on any atom is -0.480 e. The third kappa shape index (κ3) is 5.47. The molecule has 2 fully saturated rings. The lowest BCUT2D eigenvalue weighted by atomic mass is 9.81. The Morgan fingerprint density at radius 2 is 1.86 bits per heavy atom. The second-order valence-electron chi connectivity index (χ2n) is 8.10. The van der Waals surface area contributed by atoms with Crippen LogP contribution in [0.4, 0.5) is 4.79 Å². The first kappa shape index (κ1) is 20.6. The molecule has 2 amide bonds. The summed E-state index contributed by atoms with van der Waals surface area (Å²) in [5, 5.41) is 12.3. The second-order valence-corrected chi connectivity index (χ2v) is 8.10. The fourth-order valence-corrected chi connectivity index (χ4v) is 4.72. The summed E-state index contributed by atoms with van der Waals surface area (Å²) < 4.78 is 0. The molecule has 1 saturated carbocycles. The van der Waals surface area contributed by atoms with Gasteiger partial charge in [0.05, 0.1) is 6.54 Å². The van der Waals surface area contributed by atoms with Gasteiger partial charge in [0.1, 0.15) is 0 Å². The third-order valence-electron chi connectivity index (χ3n) is 6.29. The van der Waals surface area contributed by atoms with E-state index in [4.69, 9.17) is 5.11 Å². The number of aliphatic carboxylic acids is 1. The Morgan fingerprint density at radius 3 is 2.50 bits per heavy atom. The van der Waals surface area contributed by atoms with Crippen molar-refractivity contribution in [1.82, 2.24) is 15.1 Å².